The van der Waals surface area contributed by atoms with E-state index in [1.807, 2.05) is 0 Å². The smallest absolute Gasteiger partial charge is 0.140 e. The first-order valence-corrected chi connectivity index (χ1v) is 15.2. The molecule has 7 aromatic rings. The lowest BCUT2D eigenvalue weighted by molar-refractivity contribution is 0.611. The Morgan fingerprint density at radius 2 is 1.07 bits per heavy atom. The second-order valence-corrected chi connectivity index (χ2v) is 11.7. The van der Waals surface area contributed by atoms with Crippen LogP contribution in [0.4, 0.5) is 5.69 Å². The van der Waals surface area contributed by atoms with Gasteiger partial charge in [-0.2, -0.15) is 0 Å². The number of fused-ring (bicyclic) bond motifs is 2. The molecular formula is C42H32N2. The summed E-state index contributed by atoms with van der Waals surface area (Å²) in [6.07, 6.45) is 0. The van der Waals surface area contributed by atoms with Crippen molar-refractivity contribution >= 4 is 22.3 Å². The van der Waals surface area contributed by atoms with E-state index in [9.17, 15) is 0 Å². The summed E-state index contributed by atoms with van der Waals surface area (Å²) in [5, 5.41) is 1.24. The lowest BCUT2D eigenvalue weighted by Crippen LogP contribution is -2.43. The molecule has 0 fully saturated rings. The van der Waals surface area contributed by atoms with E-state index in [1.54, 1.807) is 0 Å². The van der Waals surface area contributed by atoms with Crippen molar-refractivity contribution in [2.45, 2.75) is 19.4 Å². The normalized spacial score (nSPS) is 15.7. The molecule has 0 N–H and O–H groups in total. The van der Waals surface area contributed by atoms with Crippen LogP contribution in [0.15, 0.2) is 163 Å². The van der Waals surface area contributed by atoms with E-state index in [0.717, 1.165) is 17.0 Å². The number of hydrogen-bond donors (Lipinski definition) is 0. The average Bonchev–Trinajstić information content (AvgIpc) is 3.59. The molecular weight excluding hydrogens is 532 g/mol. The highest BCUT2D eigenvalue weighted by molar-refractivity contribution is 6.17. The molecule has 2 heteroatoms. The molecule has 44 heavy (non-hydrogen) atoms. The second kappa shape index (κ2) is 10.4. The number of aliphatic imine (C=N–C) groups is 1. The van der Waals surface area contributed by atoms with Crippen molar-refractivity contribution in [2.75, 3.05) is 0 Å². The van der Waals surface area contributed by atoms with Crippen molar-refractivity contribution < 1.29 is 0 Å². The van der Waals surface area contributed by atoms with Gasteiger partial charge in [-0.15, -0.1) is 0 Å². The lowest BCUT2D eigenvalue weighted by Gasteiger charge is -2.38. The van der Waals surface area contributed by atoms with Crippen molar-refractivity contribution in [1.29, 1.82) is 0 Å². The molecule has 0 spiro atoms. The third kappa shape index (κ3) is 3.92. The quantitative estimate of drug-likeness (QED) is 0.198. The molecule has 0 saturated heterocycles. The van der Waals surface area contributed by atoms with Crippen LogP contribution < -0.4 is 0 Å². The SMILES string of the molecule is Cc1ccc2c(c1)C(c1ccccc1)(n1c(-c3ccccc3)c(-c3ccccc3)c3cc(C)ccc31)C(c1ccccc1)=N2. The molecule has 0 saturated carbocycles. The predicted octanol–water partition coefficient (Wildman–Crippen LogP) is 10.5. The van der Waals surface area contributed by atoms with E-state index in [4.69, 9.17) is 4.99 Å². The Morgan fingerprint density at radius 3 is 1.73 bits per heavy atom. The summed E-state index contributed by atoms with van der Waals surface area (Å²) in [5.74, 6) is 0. The van der Waals surface area contributed by atoms with Crippen molar-refractivity contribution in [3.05, 3.63) is 186 Å². The maximum absolute atomic E-state index is 5.51. The summed E-state index contributed by atoms with van der Waals surface area (Å²) in [4.78, 5) is 5.51. The lowest BCUT2D eigenvalue weighted by atomic mass is 9.76. The van der Waals surface area contributed by atoms with Gasteiger partial charge in [0.15, 0.2) is 0 Å². The Kier molecular flexibility index (Phi) is 6.16. The van der Waals surface area contributed by atoms with E-state index < -0.39 is 5.54 Å². The summed E-state index contributed by atoms with van der Waals surface area (Å²) >= 11 is 0. The van der Waals surface area contributed by atoms with Crippen LogP contribution in [0, 0.1) is 13.8 Å². The summed E-state index contributed by atoms with van der Waals surface area (Å²) in [7, 11) is 0. The van der Waals surface area contributed by atoms with Crippen LogP contribution in [-0.2, 0) is 5.54 Å². The zero-order valence-electron chi connectivity index (χ0n) is 24.9. The molecule has 0 bridgehead atoms. The topological polar surface area (TPSA) is 17.3 Å². The summed E-state index contributed by atoms with van der Waals surface area (Å²) in [5.41, 5.74) is 13.2. The molecule has 2 heterocycles. The van der Waals surface area contributed by atoms with Crippen molar-refractivity contribution in [3.8, 4) is 22.4 Å². The van der Waals surface area contributed by atoms with E-state index >= 15 is 0 Å². The highest BCUT2D eigenvalue weighted by Gasteiger charge is 2.49. The molecule has 0 radical (unpaired) electrons. The summed E-state index contributed by atoms with van der Waals surface area (Å²) in [6.45, 7) is 4.37. The zero-order chi connectivity index (χ0) is 29.7. The van der Waals surface area contributed by atoms with Gasteiger partial charge in [0, 0.05) is 16.5 Å². The van der Waals surface area contributed by atoms with Gasteiger partial charge in [-0.25, -0.2) is 4.99 Å². The number of benzene rings is 6. The Labute approximate surface area is 258 Å². The van der Waals surface area contributed by atoms with Gasteiger partial charge in [-0.1, -0.05) is 151 Å². The maximum Gasteiger partial charge on any atom is 0.140 e. The molecule has 6 aromatic carbocycles. The summed E-state index contributed by atoms with van der Waals surface area (Å²) in [6, 6.07) is 57.0. The number of rotatable bonds is 5. The van der Waals surface area contributed by atoms with Gasteiger partial charge in [0.1, 0.15) is 5.54 Å². The van der Waals surface area contributed by atoms with E-state index in [0.29, 0.717) is 0 Å². The Morgan fingerprint density at radius 1 is 0.523 bits per heavy atom. The third-order valence-electron chi connectivity index (χ3n) is 8.92. The largest absolute Gasteiger partial charge is 0.320 e. The number of aromatic nitrogens is 1. The van der Waals surface area contributed by atoms with Crippen LogP contribution in [0.1, 0.15) is 27.8 Å². The Bertz CT molecular complexity index is 2160. The van der Waals surface area contributed by atoms with Crippen LogP contribution in [0.2, 0.25) is 0 Å². The molecule has 210 valence electrons. The van der Waals surface area contributed by atoms with Gasteiger partial charge in [0.05, 0.1) is 22.6 Å². The first kappa shape index (κ1) is 26.2. The van der Waals surface area contributed by atoms with Crippen molar-refractivity contribution in [2.24, 2.45) is 4.99 Å². The highest BCUT2D eigenvalue weighted by atomic mass is 15.1. The van der Waals surface area contributed by atoms with Crippen LogP contribution in [0.5, 0.6) is 0 Å². The molecule has 8 rings (SSSR count). The van der Waals surface area contributed by atoms with Gasteiger partial charge >= 0.3 is 0 Å². The van der Waals surface area contributed by atoms with E-state index in [1.165, 1.54) is 55.5 Å². The van der Waals surface area contributed by atoms with E-state index in [-0.39, 0.29) is 0 Å². The molecule has 0 amide bonds. The average molecular weight is 565 g/mol. The van der Waals surface area contributed by atoms with Crippen LogP contribution in [-0.4, -0.2) is 10.3 Å². The molecule has 1 unspecified atom stereocenters. The third-order valence-corrected chi connectivity index (χ3v) is 8.92. The minimum absolute atomic E-state index is 0.740. The van der Waals surface area contributed by atoms with Gasteiger partial charge in [0.2, 0.25) is 0 Å². The maximum atomic E-state index is 5.51. The van der Waals surface area contributed by atoms with Gasteiger partial charge in [0.25, 0.3) is 0 Å². The standard InChI is InChI=1S/C42H32N2/c1-29-24-26-38-35(27-29)39(31-15-7-3-8-16-31)40(32-17-9-4-10-18-32)44(38)42(34-21-13-6-14-22-34)36-28-30(2)23-25-37(36)43-41(42)33-19-11-5-12-20-33/h3-28H,1-2H3. The fraction of sp³-hybridized carbons (Fsp3) is 0.0714. The first-order valence-electron chi connectivity index (χ1n) is 15.2. The monoisotopic (exact) mass is 564 g/mol. The molecule has 1 aliphatic heterocycles. The van der Waals surface area contributed by atoms with Gasteiger partial charge in [-0.3, -0.25) is 0 Å². The molecule has 1 atom stereocenters. The number of nitrogens with zero attached hydrogens (tertiary/aromatic N) is 2. The van der Waals surface area contributed by atoms with Crippen LogP contribution >= 0.6 is 0 Å². The Hall–Kier alpha value is -5.47. The van der Waals surface area contributed by atoms with Crippen LogP contribution in [0.25, 0.3) is 33.3 Å². The predicted molar refractivity (Wildman–Crippen MR) is 184 cm³/mol. The van der Waals surface area contributed by atoms with Crippen molar-refractivity contribution in [3.63, 3.8) is 0 Å². The minimum Gasteiger partial charge on any atom is -0.320 e. The molecule has 1 aromatic heterocycles. The van der Waals surface area contributed by atoms with Gasteiger partial charge < -0.3 is 4.57 Å². The van der Waals surface area contributed by atoms with Crippen LogP contribution in [0.3, 0.4) is 0 Å². The second-order valence-electron chi connectivity index (χ2n) is 11.7. The van der Waals surface area contributed by atoms with Gasteiger partial charge in [-0.05, 0) is 54.3 Å². The number of hydrogen-bond acceptors (Lipinski definition) is 1. The molecule has 1 aliphatic rings. The number of aryl methyl sites for hydroxylation is 2. The Balaban J connectivity index is 1.65. The highest BCUT2D eigenvalue weighted by Crippen LogP contribution is 2.54. The molecule has 0 aliphatic carbocycles. The minimum atomic E-state index is -0.740. The first-order chi connectivity index (χ1) is 21.7. The summed E-state index contributed by atoms with van der Waals surface area (Å²) < 4.78 is 2.60. The zero-order valence-corrected chi connectivity index (χ0v) is 24.9. The van der Waals surface area contributed by atoms with E-state index in [2.05, 4.69) is 176 Å². The van der Waals surface area contributed by atoms with Crippen molar-refractivity contribution in [1.82, 2.24) is 4.57 Å². The fourth-order valence-electron chi connectivity index (χ4n) is 7.08. The molecule has 2 nitrogen and oxygen atoms in total. The fourth-order valence-corrected chi connectivity index (χ4v) is 7.08.